The highest BCUT2D eigenvalue weighted by atomic mass is 79.9. The van der Waals surface area contributed by atoms with Crippen LogP contribution in [0.5, 0.6) is 5.75 Å². The average molecular weight is 349 g/mol. The van der Waals surface area contributed by atoms with E-state index in [1.54, 1.807) is 20.2 Å². The summed E-state index contributed by atoms with van der Waals surface area (Å²) in [5.41, 5.74) is 2.61. The molecule has 0 fully saturated rings. The van der Waals surface area contributed by atoms with E-state index in [1.807, 2.05) is 36.4 Å². The molecule has 0 aliphatic carbocycles. The van der Waals surface area contributed by atoms with Gasteiger partial charge in [-0.3, -0.25) is 4.79 Å². The number of hydrogen-bond donors (Lipinski definition) is 2. The molecule has 4 nitrogen and oxygen atoms in total. The van der Waals surface area contributed by atoms with Crippen LogP contribution in [0.25, 0.3) is 0 Å². The SMILES string of the molecule is CNC(=O)c1cccc(NCc2cc(OC)ccc2Br)c1. The summed E-state index contributed by atoms with van der Waals surface area (Å²) < 4.78 is 6.24. The molecule has 2 N–H and O–H groups in total. The minimum atomic E-state index is -0.0961. The Morgan fingerprint density at radius 2 is 2.05 bits per heavy atom. The molecule has 0 radical (unpaired) electrons. The predicted octanol–water partition coefficient (Wildman–Crippen LogP) is 3.43. The Balaban J connectivity index is 2.11. The van der Waals surface area contributed by atoms with E-state index in [0.29, 0.717) is 12.1 Å². The summed E-state index contributed by atoms with van der Waals surface area (Å²) in [7, 11) is 3.27. The molecule has 0 bridgehead atoms. The summed E-state index contributed by atoms with van der Waals surface area (Å²) in [5, 5.41) is 5.92. The highest BCUT2D eigenvalue weighted by molar-refractivity contribution is 9.10. The van der Waals surface area contributed by atoms with Crippen molar-refractivity contribution in [3.63, 3.8) is 0 Å². The fraction of sp³-hybridized carbons (Fsp3) is 0.188. The summed E-state index contributed by atoms with van der Waals surface area (Å²) in [6.07, 6.45) is 0. The van der Waals surface area contributed by atoms with Gasteiger partial charge in [0, 0.05) is 29.3 Å². The molecule has 0 spiro atoms. The molecule has 0 heterocycles. The molecule has 0 saturated heterocycles. The Morgan fingerprint density at radius 1 is 1.24 bits per heavy atom. The topological polar surface area (TPSA) is 50.4 Å². The van der Waals surface area contributed by atoms with Crippen LogP contribution in [0.2, 0.25) is 0 Å². The highest BCUT2D eigenvalue weighted by Gasteiger charge is 2.05. The largest absolute Gasteiger partial charge is 0.497 e. The van der Waals surface area contributed by atoms with Gasteiger partial charge in [-0.2, -0.15) is 0 Å². The number of amides is 1. The molecule has 5 heteroatoms. The number of anilines is 1. The number of halogens is 1. The molecule has 2 rings (SSSR count). The maximum atomic E-state index is 11.6. The number of rotatable bonds is 5. The summed E-state index contributed by atoms with van der Waals surface area (Å²) in [5.74, 6) is 0.718. The normalized spacial score (nSPS) is 10.0. The van der Waals surface area contributed by atoms with Gasteiger partial charge in [0.1, 0.15) is 5.75 Å². The lowest BCUT2D eigenvalue weighted by Crippen LogP contribution is -2.17. The van der Waals surface area contributed by atoms with E-state index in [2.05, 4.69) is 26.6 Å². The van der Waals surface area contributed by atoms with Gasteiger partial charge in [-0.25, -0.2) is 0 Å². The Labute approximate surface area is 132 Å². The van der Waals surface area contributed by atoms with Crippen LogP contribution < -0.4 is 15.4 Å². The molecule has 1 amide bonds. The molecular formula is C16H17BrN2O2. The van der Waals surface area contributed by atoms with E-state index in [1.165, 1.54) is 0 Å². The van der Waals surface area contributed by atoms with Crippen LogP contribution in [0.15, 0.2) is 46.9 Å². The van der Waals surface area contributed by atoms with Crippen LogP contribution >= 0.6 is 15.9 Å². The van der Waals surface area contributed by atoms with E-state index < -0.39 is 0 Å². The first-order chi connectivity index (χ1) is 10.1. The average Bonchev–Trinajstić information content (AvgIpc) is 2.53. The lowest BCUT2D eigenvalue weighted by Gasteiger charge is -2.11. The molecular weight excluding hydrogens is 332 g/mol. The van der Waals surface area contributed by atoms with Crippen molar-refractivity contribution in [2.75, 3.05) is 19.5 Å². The summed E-state index contributed by atoms with van der Waals surface area (Å²) >= 11 is 3.52. The van der Waals surface area contributed by atoms with Gasteiger partial charge in [-0.05, 0) is 42.0 Å². The van der Waals surface area contributed by atoms with E-state index >= 15 is 0 Å². The number of ether oxygens (including phenoxy) is 1. The second-order valence-electron chi connectivity index (χ2n) is 4.47. The van der Waals surface area contributed by atoms with Crippen molar-refractivity contribution < 1.29 is 9.53 Å². The fourth-order valence-corrected chi connectivity index (χ4v) is 2.31. The first-order valence-corrected chi connectivity index (χ1v) is 7.31. The number of nitrogens with one attached hydrogen (secondary N) is 2. The molecule has 0 aliphatic rings. The Bertz CT molecular complexity index is 644. The predicted molar refractivity (Wildman–Crippen MR) is 87.9 cm³/mol. The molecule has 0 aliphatic heterocycles. The van der Waals surface area contributed by atoms with Crippen molar-refractivity contribution in [2.45, 2.75) is 6.54 Å². The maximum absolute atomic E-state index is 11.6. The maximum Gasteiger partial charge on any atom is 0.251 e. The third kappa shape index (κ3) is 3.98. The molecule has 21 heavy (non-hydrogen) atoms. The molecule has 110 valence electrons. The van der Waals surface area contributed by atoms with Crippen molar-refractivity contribution in [3.05, 3.63) is 58.1 Å². The van der Waals surface area contributed by atoms with Gasteiger partial charge < -0.3 is 15.4 Å². The highest BCUT2D eigenvalue weighted by Crippen LogP contribution is 2.23. The van der Waals surface area contributed by atoms with Gasteiger partial charge in [0.15, 0.2) is 0 Å². The van der Waals surface area contributed by atoms with Gasteiger partial charge in [0.25, 0.3) is 5.91 Å². The minimum Gasteiger partial charge on any atom is -0.497 e. The van der Waals surface area contributed by atoms with Gasteiger partial charge >= 0.3 is 0 Å². The van der Waals surface area contributed by atoms with E-state index in [4.69, 9.17) is 4.74 Å². The fourth-order valence-electron chi connectivity index (χ4n) is 1.93. The second kappa shape index (κ2) is 7.13. The van der Waals surface area contributed by atoms with Crippen LogP contribution in [-0.2, 0) is 6.54 Å². The monoisotopic (exact) mass is 348 g/mol. The second-order valence-corrected chi connectivity index (χ2v) is 5.33. The van der Waals surface area contributed by atoms with E-state index in [9.17, 15) is 4.79 Å². The van der Waals surface area contributed by atoms with Crippen LogP contribution in [0.1, 0.15) is 15.9 Å². The molecule has 0 atom stereocenters. The molecule has 0 saturated carbocycles. The van der Waals surface area contributed by atoms with Crippen molar-refractivity contribution in [3.8, 4) is 5.75 Å². The number of hydrogen-bond acceptors (Lipinski definition) is 3. The van der Waals surface area contributed by atoms with Crippen LogP contribution in [-0.4, -0.2) is 20.1 Å². The lowest BCUT2D eigenvalue weighted by molar-refractivity contribution is 0.0963. The Morgan fingerprint density at radius 3 is 2.76 bits per heavy atom. The number of carbonyl (C=O) groups is 1. The Kier molecular flexibility index (Phi) is 5.22. The number of benzene rings is 2. The van der Waals surface area contributed by atoms with Gasteiger partial charge in [0.05, 0.1) is 7.11 Å². The van der Waals surface area contributed by atoms with Crippen molar-refractivity contribution >= 4 is 27.5 Å². The first-order valence-electron chi connectivity index (χ1n) is 6.52. The van der Waals surface area contributed by atoms with Crippen molar-refractivity contribution in [1.82, 2.24) is 5.32 Å². The standard InChI is InChI=1S/C16H17BrN2O2/c1-18-16(20)11-4-3-5-13(8-11)19-10-12-9-14(21-2)6-7-15(12)17/h3-9,19H,10H2,1-2H3,(H,18,20). The Hall–Kier alpha value is -2.01. The van der Waals surface area contributed by atoms with Crippen LogP contribution in [0, 0.1) is 0 Å². The number of carbonyl (C=O) groups excluding carboxylic acids is 1. The van der Waals surface area contributed by atoms with Crippen molar-refractivity contribution in [2.24, 2.45) is 0 Å². The molecule has 2 aromatic carbocycles. The summed E-state index contributed by atoms with van der Waals surface area (Å²) in [6.45, 7) is 0.634. The lowest BCUT2D eigenvalue weighted by atomic mass is 10.1. The smallest absolute Gasteiger partial charge is 0.251 e. The zero-order valence-corrected chi connectivity index (χ0v) is 13.5. The molecule has 0 unspecified atom stereocenters. The summed E-state index contributed by atoms with van der Waals surface area (Å²) in [6, 6.07) is 13.2. The minimum absolute atomic E-state index is 0.0961. The number of methoxy groups -OCH3 is 1. The van der Waals surface area contributed by atoms with Crippen LogP contribution in [0.4, 0.5) is 5.69 Å². The van der Waals surface area contributed by atoms with Gasteiger partial charge in [0.2, 0.25) is 0 Å². The zero-order valence-electron chi connectivity index (χ0n) is 11.9. The van der Waals surface area contributed by atoms with E-state index in [-0.39, 0.29) is 5.91 Å². The van der Waals surface area contributed by atoms with Crippen LogP contribution in [0.3, 0.4) is 0 Å². The van der Waals surface area contributed by atoms with E-state index in [0.717, 1.165) is 21.5 Å². The quantitative estimate of drug-likeness (QED) is 0.870. The van der Waals surface area contributed by atoms with Gasteiger partial charge in [-0.1, -0.05) is 22.0 Å². The van der Waals surface area contributed by atoms with Gasteiger partial charge in [-0.15, -0.1) is 0 Å². The third-order valence-electron chi connectivity index (χ3n) is 3.09. The first kappa shape index (κ1) is 15.4. The van der Waals surface area contributed by atoms with Crippen molar-refractivity contribution in [1.29, 1.82) is 0 Å². The molecule has 0 aromatic heterocycles. The molecule has 2 aromatic rings. The zero-order chi connectivity index (χ0) is 15.2. The summed E-state index contributed by atoms with van der Waals surface area (Å²) in [4.78, 5) is 11.6. The third-order valence-corrected chi connectivity index (χ3v) is 3.86.